The lowest BCUT2D eigenvalue weighted by molar-refractivity contribution is 0.333. The molecular formula is C21H40O6P2. The van der Waals surface area contributed by atoms with E-state index in [1.54, 1.807) is 0 Å². The first-order chi connectivity index (χ1) is 13.3. The highest BCUT2D eigenvalue weighted by molar-refractivity contribution is 7.70. The maximum absolute atomic E-state index is 11.2. The standard InChI is InChI=1S/C21H40O6P2/c1-18(2)12-10-14-20(4)16-11-15-19(3)13-8-6-5-7-9-17-21(28(22,23)24)29(25,26)27/h12-13,16,21H,5-11,14-15,17H2,1-4H3,(H2,22,23,24)(H2,25,26,27)/b19-13+,20-16+. The Labute approximate surface area is 176 Å². The molecule has 0 heterocycles. The Hall–Kier alpha value is -0.480. The smallest absolute Gasteiger partial charge is 0.324 e. The van der Waals surface area contributed by atoms with Gasteiger partial charge >= 0.3 is 15.2 Å². The van der Waals surface area contributed by atoms with Crippen LogP contribution in [-0.2, 0) is 9.13 Å². The molecule has 0 aromatic heterocycles. The second-order valence-electron chi connectivity index (χ2n) is 8.11. The zero-order chi connectivity index (χ0) is 22.5. The van der Waals surface area contributed by atoms with Gasteiger partial charge in [-0.3, -0.25) is 9.13 Å². The number of rotatable bonds is 15. The van der Waals surface area contributed by atoms with Crippen molar-refractivity contribution < 1.29 is 28.7 Å². The van der Waals surface area contributed by atoms with Gasteiger partial charge in [-0.15, -0.1) is 0 Å². The maximum Gasteiger partial charge on any atom is 0.340 e. The van der Waals surface area contributed by atoms with E-state index in [2.05, 4.69) is 45.9 Å². The Bertz CT molecular complexity index is 628. The summed E-state index contributed by atoms with van der Waals surface area (Å²) >= 11 is 0. The molecule has 170 valence electrons. The lowest BCUT2D eigenvalue weighted by atomic mass is 10.0. The lowest BCUT2D eigenvalue weighted by Crippen LogP contribution is -2.09. The second kappa shape index (κ2) is 14.5. The van der Waals surface area contributed by atoms with E-state index in [9.17, 15) is 9.13 Å². The summed E-state index contributed by atoms with van der Waals surface area (Å²) in [7, 11) is -9.56. The fraction of sp³-hybridized carbons (Fsp3) is 0.714. The van der Waals surface area contributed by atoms with E-state index in [-0.39, 0.29) is 6.42 Å². The Morgan fingerprint density at radius 1 is 0.690 bits per heavy atom. The molecule has 0 aliphatic heterocycles. The Balaban J connectivity index is 4.01. The molecule has 0 rings (SSSR count). The molecule has 0 unspecified atom stereocenters. The molecule has 0 aromatic rings. The van der Waals surface area contributed by atoms with Crippen molar-refractivity contribution in [2.24, 2.45) is 0 Å². The highest BCUT2D eigenvalue weighted by Crippen LogP contribution is 2.61. The fourth-order valence-electron chi connectivity index (χ4n) is 3.04. The van der Waals surface area contributed by atoms with Gasteiger partial charge in [0, 0.05) is 0 Å². The molecule has 0 aliphatic rings. The van der Waals surface area contributed by atoms with Crippen molar-refractivity contribution in [3.63, 3.8) is 0 Å². The molecule has 0 bridgehead atoms. The normalized spacial score (nSPS) is 13.8. The van der Waals surface area contributed by atoms with Crippen LogP contribution in [0.5, 0.6) is 0 Å². The molecule has 0 saturated carbocycles. The highest BCUT2D eigenvalue weighted by atomic mass is 31.2. The minimum atomic E-state index is -4.78. The van der Waals surface area contributed by atoms with Gasteiger partial charge in [-0.2, -0.15) is 0 Å². The van der Waals surface area contributed by atoms with Crippen molar-refractivity contribution in [1.82, 2.24) is 0 Å². The van der Waals surface area contributed by atoms with Crippen LogP contribution in [0.15, 0.2) is 34.9 Å². The number of unbranched alkanes of at least 4 members (excludes halogenated alkanes) is 4. The molecule has 0 spiro atoms. The van der Waals surface area contributed by atoms with E-state index in [0.29, 0.717) is 12.8 Å². The van der Waals surface area contributed by atoms with Gasteiger partial charge in [0.1, 0.15) is 0 Å². The van der Waals surface area contributed by atoms with Gasteiger partial charge in [0.15, 0.2) is 5.40 Å². The van der Waals surface area contributed by atoms with Crippen molar-refractivity contribution in [3.8, 4) is 0 Å². The Kier molecular flexibility index (Phi) is 14.3. The zero-order valence-corrected chi connectivity index (χ0v) is 20.2. The van der Waals surface area contributed by atoms with Gasteiger partial charge in [-0.1, -0.05) is 54.2 Å². The van der Waals surface area contributed by atoms with Gasteiger partial charge in [-0.05, 0) is 72.6 Å². The van der Waals surface area contributed by atoms with Crippen LogP contribution in [0.4, 0.5) is 0 Å². The van der Waals surface area contributed by atoms with E-state index < -0.39 is 20.6 Å². The first-order valence-electron chi connectivity index (χ1n) is 10.4. The van der Waals surface area contributed by atoms with Crippen LogP contribution in [0, 0.1) is 0 Å². The molecular weight excluding hydrogens is 410 g/mol. The fourth-order valence-corrected chi connectivity index (χ4v) is 5.65. The van der Waals surface area contributed by atoms with Crippen LogP contribution < -0.4 is 0 Å². The van der Waals surface area contributed by atoms with Crippen LogP contribution in [0.3, 0.4) is 0 Å². The summed E-state index contributed by atoms with van der Waals surface area (Å²) in [6.07, 6.45) is 14.9. The minimum Gasteiger partial charge on any atom is -0.324 e. The quantitative estimate of drug-likeness (QED) is 0.130. The minimum absolute atomic E-state index is 0.150. The van der Waals surface area contributed by atoms with Gasteiger partial charge in [-0.25, -0.2) is 0 Å². The third-order valence-corrected chi connectivity index (χ3v) is 8.68. The van der Waals surface area contributed by atoms with Crippen molar-refractivity contribution in [1.29, 1.82) is 0 Å². The highest BCUT2D eigenvalue weighted by Gasteiger charge is 2.42. The molecule has 0 amide bonds. The summed E-state index contributed by atoms with van der Waals surface area (Å²) in [5.41, 5.74) is 4.15. The number of hydrogen-bond acceptors (Lipinski definition) is 2. The first kappa shape index (κ1) is 28.5. The van der Waals surface area contributed by atoms with Gasteiger partial charge in [0.05, 0.1) is 0 Å². The molecule has 6 nitrogen and oxygen atoms in total. The molecule has 0 radical (unpaired) electrons. The van der Waals surface area contributed by atoms with E-state index >= 15 is 0 Å². The van der Waals surface area contributed by atoms with E-state index in [4.69, 9.17) is 19.6 Å². The summed E-state index contributed by atoms with van der Waals surface area (Å²) in [5, 5.41) is -1.87. The third kappa shape index (κ3) is 16.0. The molecule has 0 saturated heterocycles. The van der Waals surface area contributed by atoms with E-state index in [1.807, 2.05) is 0 Å². The van der Waals surface area contributed by atoms with Crippen LogP contribution in [0.1, 0.15) is 91.9 Å². The summed E-state index contributed by atoms with van der Waals surface area (Å²) in [6.45, 7) is 8.56. The molecule has 0 aliphatic carbocycles. The predicted molar refractivity (Wildman–Crippen MR) is 121 cm³/mol. The van der Waals surface area contributed by atoms with Gasteiger partial charge < -0.3 is 19.6 Å². The summed E-state index contributed by atoms with van der Waals surface area (Å²) < 4.78 is 22.4. The monoisotopic (exact) mass is 450 g/mol. The van der Waals surface area contributed by atoms with Gasteiger partial charge in [0.25, 0.3) is 0 Å². The largest absolute Gasteiger partial charge is 0.340 e. The summed E-state index contributed by atoms with van der Waals surface area (Å²) in [6, 6.07) is 0. The van der Waals surface area contributed by atoms with Crippen molar-refractivity contribution in [3.05, 3.63) is 34.9 Å². The van der Waals surface area contributed by atoms with Crippen LogP contribution >= 0.6 is 15.2 Å². The predicted octanol–water partition coefficient (Wildman–Crippen LogP) is 6.43. The summed E-state index contributed by atoms with van der Waals surface area (Å²) in [5.74, 6) is 0. The first-order valence-corrected chi connectivity index (χ1v) is 13.8. The summed E-state index contributed by atoms with van der Waals surface area (Å²) in [4.78, 5) is 36.4. The van der Waals surface area contributed by atoms with Crippen LogP contribution in [0.25, 0.3) is 0 Å². The maximum atomic E-state index is 11.2. The van der Waals surface area contributed by atoms with E-state index in [0.717, 1.165) is 44.9 Å². The van der Waals surface area contributed by atoms with Gasteiger partial charge in [0.2, 0.25) is 0 Å². The molecule has 0 atom stereocenters. The molecule has 0 aromatic carbocycles. The van der Waals surface area contributed by atoms with Crippen LogP contribution in [0.2, 0.25) is 0 Å². The van der Waals surface area contributed by atoms with Crippen molar-refractivity contribution in [2.45, 2.75) is 97.3 Å². The third-order valence-electron chi connectivity index (χ3n) is 4.81. The zero-order valence-electron chi connectivity index (χ0n) is 18.4. The molecule has 0 fully saturated rings. The Morgan fingerprint density at radius 3 is 1.62 bits per heavy atom. The lowest BCUT2D eigenvalue weighted by Gasteiger charge is -2.19. The Morgan fingerprint density at radius 2 is 1.14 bits per heavy atom. The second-order valence-corrected chi connectivity index (χ2v) is 12.1. The average molecular weight is 450 g/mol. The average Bonchev–Trinajstić information content (AvgIpc) is 2.54. The topological polar surface area (TPSA) is 115 Å². The van der Waals surface area contributed by atoms with Crippen molar-refractivity contribution >= 4 is 15.2 Å². The molecule has 29 heavy (non-hydrogen) atoms. The number of allylic oxidation sites excluding steroid dienone is 6. The van der Waals surface area contributed by atoms with Crippen LogP contribution in [-0.4, -0.2) is 25.0 Å². The van der Waals surface area contributed by atoms with Crippen molar-refractivity contribution in [2.75, 3.05) is 0 Å². The SMILES string of the molecule is CC(C)=CCC/C(C)=C/CC/C(C)=C/CCCCCCC(P(=O)(O)O)P(=O)(O)O. The molecule has 8 heteroatoms. The van der Waals surface area contributed by atoms with E-state index in [1.165, 1.54) is 16.7 Å². The number of hydrogen-bond donors (Lipinski definition) is 4. The molecule has 4 N–H and O–H groups in total.